The van der Waals surface area contributed by atoms with E-state index in [0.29, 0.717) is 6.42 Å². The second kappa shape index (κ2) is 12.8. The molecule has 0 aromatic carbocycles. The SMILES string of the molecule is CCCCCCCCCCCCCCC(=O)OC1CC(C)(C)NC(C)(C)C1. The highest BCUT2D eigenvalue weighted by atomic mass is 16.5. The van der Waals surface area contributed by atoms with Gasteiger partial charge < -0.3 is 10.1 Å². The number of carbonyl (C=O) groups excluding carboxylic acids is 1. The van der Waals surface area contributed by atoms with Gasteiger partial charge in [0.2, 0.25) is 0 Å². The number of nitrogens with one attached hydrogen (secondary N) is 1. The molecule has 1 aliphatic rings. The third kappa shape index (κ3) is 12.5. The Morgan fingerprint density at radius 3 is 1.63 bits per heavy atom. The first kappa shape index (κ1) is 24.5. The molecule has 0 aromatic heterocycles. The molecule has 1 saturated heterocycles. The van der Waals surface area contributed by atoms with Gasteiger partial charge in [0, 0.05) is 30.3 Å². The summed E-state index contributed by atoms with van der Waals surface area (Å²) in [5.41, 5.74) is 0.0609. The molecule has 1 heterocycles. The third-order valence-electron chi connectivity index (χ3n) is 5.69. The van der Waals surface area contributed by atoms with Gasteiger partial charge in [-0.05, 0) is 34.1 Å². The molecule has 160 valence electrons. The van der Waals surface area contributed by atoms with Crippen molar-refractivity contribution in [2.24, 2.45) is 0 Å². The lowest BCUT2D eigenvalue weighted by Gasteiger charge is -2.45. The van der Waals surface area contributed by atoms with E-state index < -0.39 is 0 Å². The molecule has 3 nitrogen and oxygen atoms in total. The van der Waals surface area contributed by atoms with Crippen molar-refractivity contribution in [2.75, 3.05) is 0 Å². The van der Waals surface area contributed by atoms with Crippen LogP contribution in [0.5, 0.6) is 0 Å². The molecular weight excluding hydrogens is 334 g/mol. The van der Waals surface area contributed by atoms with Crippen molar-refractivity contribution < 1.29 is 9.53 Å². The fourth-order valence-corrected chi connectivity index (χ4v) is 4.67. The van der Waals surface area contributed by atoms with Crippen LogP contribution in [0.2, 0.25) is 0 Å². The highest BCUT2D eigenvalue weighted by molar-refractivity contribution is 5.69. The minimum absolute atomic E-state index is 0.000536. The average molecular weight is 382 g/mol. The monoisotopic (exact) mass is 381 g/mol. The van der Waals surface area contributed by atoms with Crippen LogP contribution in [0.3, 0.4) is 0 Å². The Labute approximate surface area is 169 Å². The quantitative estimate of drug-likeness (QED) is 0.262. The maximum atomic E-state index is 12.2. The van der Waals surface area contributed by atoms with E-state index in [1.165, 1.54) is 64.2 Å². The largest absolute Gasteiger partial charge is 0.462 e. The number of ether oxygens (including phenoxy) is 1. The van der Waals surface area contributed by atoms with Gasteiger partial charge in [-0.1, -0.05) is 77.6 Å². The molecule has 27 heavy (non-hydrogen) atoms. The molecule has 1 N–H and O–H groups in total. The second-order valence-electron chi connectivity index (χ2n) is 10.1. The van der Waals surface area contributed by atoms with Gasteiger partial charge in [-0.25, -0.2) is 0 Å². The standard InChI is InChI=1S/C24H47NO2/c1-6-7-8-9-10-11-12-13-14-15-16-17-18-22(26)27-21-19-23(2,3)25-24(4,5)20-21/h21,25H,6-20H2,1-5H3. The second-order valence-corrected chi connectivity index (χ2v) is 10.1. The van der Waals surface area contributed by atoms with Gasteiger partial charge in [0.15, 0.2) is 0 Å². The molecular formula is C24H47NO2. The number of carbonyl (C=O) groups is 1. The van der Waals surface area contributed by atoms with Crippen molar-refractivity contribution in [1.82, 2.24) is 5.32 Å². The number of hydrogen-bond acceptors (Lipinski definition) is 3. The van der Waals surface area contributed by atoms with Crippen LogP contribution in [0.15, 0.2) is 0 Å². The smallest absolute Gasteiger partial charge is 0.306 e. The molecule has 0 unspecified atom stereocenters. The number of unbranched alkanes of at least 4 members (excludes halogenated alkanes) is 11. The topological polar surface area (TPSA) is 38.3 Å². The number of rotatable bonds is 14. The fourth-order valence-electron chi connectivity index (χ4n) is 4.67. The molecule has 1 rings (SSSR count). The summed E-state index contributed by atoms with van der Waals surface area (Å²) in [6.07, 6.45) is 18.3. The van der Waals surface area contributed by atoms with Gasteiger partial charge in [0.1, 0.15) is 6.10 Å². The van der Waals surface area contributed by atoms with E-state index in [-0.39, 0.29) is 23.2 Å². The number of hydrogen-bond donors (Lipinski definition) is 1. The normalized spacial score (nSPS) is 19.1. The fraction of sp³-hybridized carbons (Fsp3) is 0.958. The maximum absolute atomic E-state index is 12.2. The van der Waals surface area contributed by atoms with E-state index in [1.807, 2.05) is 0 Å². The van der Waals surface area contributed by atoms with Crippen LogP contribution in [0.1, 0.15) is 131 Å². The summed E-state index contributed by atoms with van der Waals surface area (Å²) >= 11 is 0. The Hall–Kier alpha value is -0.570. The van der Waals surface area contributed by atoms with Gasteiger partial charge in [-0.2, -0.15) is 0 Å². The molecule has 1 aliphatic heterocycles. The highest BCUT2D eigenvalue weighted by Crippen LogP contribution is 2.30. The Balaban J connectivity index is 1.98. The molecule has 0 aliphatic carbocycles. The van der Waals surface area contributed by atoms with Crippen molar-refractivity contribution in [3.8, 4) is 0 Å². The third-order valence-corrected chi connectivity index (χ3v) is 5.69. The van der Waals surface area contributed by atoms with Gasteiger partial charge in [-0.15, -0.1) is 0 Å². The summed E-state index contributed by atoms with van der Waals surface area (Å²) in [5.74, 6) is 0.000536. The zero-order chi connectivity index (χ0) is 20.2. The predicted molar refractivity (Wildman–Crippen MR) is 116 cm³/mol. The molecule has 0 atom stereocenters. The summed E-state index contributed by atoms with van der Waals surface area (Å²) in [5, 5.41) is 3.64. The Kier molecular flexibility index (Phi) is 11.6. The first-order valence-electron chi connectivity index (χ1n) is 11.7. The Bertz CT molecular complexity index is 387. The van der Waals surface area contributed by atoms with Crippen molar-refractivity contribution in [2.45, 2.75) is 148 Å². The van der Waals surface area contributed by atoms with Crippen molar-refractivity contribution in [1.29, 1.82) is 0 Å². The first-order chi connectivity index (χ1) is 12.7. The van der Waals surface area contributed by atoms with Crippen LogP contribution in [0, 0.1) is 0 Å². The van der Waals surface area contributed by atoms with Crippen LogP contribution < -0.4 is 5.32 Å². The number of esters is 1. The summed E-state index contributed by atoms with van der Waals surface area (Å²) in [7, 11) is 0. The molecule has 0 bridgehead atoms. The predicted octanol–water partition coefficient (Wildman–Crippen LogP) is 6.93. The van der Waals surface area contributed by atoms with Gasteiger partial charge >= 0.3 is 5.97 Å². The molecule has 0 radical (unpaired) electrons. The Morgan fingerprint density at radius 2 is 1.19 bits per heavy atom. The van der Waals surface area contributed by atoms with Crippen LogP contribution in [-0.4, -0.2) is 23.2 Å². The van der Waals surface area contributed by atoms with Crippen LogP contribution >= 0.6 is 0 Å². The highest BCUT2D eigenvalue weighted by Gasteiger charge is 2.39. The number of piperidine rings is 1. The lowest BCUT2D eigenvalue weighted by molar-refractivity contribution is -0.153. The zero-order valence-corrected chi connectivity index (χ0v) is 19.0. The summed E-state index contributed by atoms with van der Waals surface area (Å²) in [6, 6.07) is 0. The summed E-state index contributed by atoms with van der Waals surface area (Å²) in [6.45, 7) is 11.0. The summed E-state index contributed by atoms with van der Waals surface area (Å²) < 4.78 is 5.78. The summed E-state index contributed by atoms with van der Waals surface area (Å²) in [4.78, 5) is 12.2. The maximum Gasteiger partial charge on any atom is 0.306 e. The van der Waals surface area contributed by atoms with E-state index in [9.17, 15) is 4.79 Å². The molecule has 0 saturated carbocycles. The molecule has 3 heteroatoms. The van der Waals surface area contributed by atoms with Crippen molar-refractivity contribution >= 4 is 5.97 Å². The zero-order valence-electron chi connectivity index (χ0n) is 19.0. The van der Waals surface area contributed by atoms with Gasteiger partial charge in [0.25, 0.3) is 0 Å². The van der Waals surface area contributed by atoms with Crippen LogP contribution in [-0.2, 0) is 9.53 Å². The molecule has 0 amide bonds. The average Bonchev–Trinajstić information content (AvgIpc) is 2.52. The molecule has 1 fully saturated rings. The Morgan fingerprint density at radius 1 is 0.778 bits per heavy atom. The minimum atomic E-state index is 0.000536. The van der Waals surface area contributed by atoms with E-state index >= 15 is 0 Å². The van der Waals surface area contributed by atoms with E-state index in [2.05, 4.69) is 39.9 Å². The van der Waals surface area contributed by atoms with E-state index in [1.54, 1.807) is 0 Å². The molecule has 0 spiro atoms. The van der Waals surface area contributed by atoms with Gasteiger partial charge in [-0.3, -0.25) is 4.79 Å². The van der Waals surface area contributed by atoms with E-state index in [4.69, 9.17) is 4.74 Å². The van der Waals surface area contributed by atoms with Gasteiger partial charge in [0.05, 0.1) is 0 Å². The lowest BCUT2D eigenvalue weighted by Crippen LogP contribution is -2.59. The first-order valence-corrected chi connectivity index (χ1v) is 11.7. The molecule has 0 aromatic rings. The van der Waals surface area contributed by atoms with Crippen molar-refractivity contribution in [3.05, 3.63) is 0 Å². The minimum Gasteiger partial charge on any atom is -0.462 e. The van der Waals surface area contributed by atoms with Crippen molar-refractivity contribution in [3.63, 3.8) is 0 Å². The van der Waals surface area contributed by atoms with E-state index in [0.717, 1.165) is 25.7 Å². The van der Waals surface area contributed by atoms with Crippen LogP contribution in [0.25, 0.3) is 0 Å². The van der Waals surface area contributed by atoms with Crippen LogP contribution in [0.4, 0.5) is 0 Å². The lowest BCUT2D eigenvalue weighted by atomic mass is 9.81.